The van der Waals surface area contributed by atoms with Gasteiger partial charge in [0.25, 0.3) is 0 Å². The number of anilines is 2. The molecule has 0 saturated heterocycles. The minimum atomic E-state index is 0.342. The number of hydrogen-bond donors (Lipinski definition) is 2. The summed E-state index contributed by atoms with van der Waals surface area (Å²) < 4.78 is 1.96. The van der Waals surface area contributed by atoms with E-state index < -0.39 is 0 Å². The van der Waals surface area contributed by atoms with Gasteiger partial charge in [0.2, 0.25) is 0 Å². The van der Waals surface area contributed by atoms with Gasteiger partial charge in [-0.25, -0.2) is 4.68 Å². The van der Waals surface area contributed by atoms with Crippen molar-refractivity contribution >= 4 is 11.4 Å². The van der Waals surface area contributed by atoms with Gasteiger partial charge in [0, 0.05) is 16.9 Å². The second-order valence-electron chi connectivity index (χ2n) is 5.98. The lowest BCUT2D eigenvalue weighted by Crippen LogP contribution is -2.19. The minimum absolute atomic E-state index is 0.342. The van der Waals surface area contributed by atoms with Crippen molar-refractivity contribution in [3.63, 3.8) is 0 Å². The molecule has 2 aromatic rings. The lowest BCUT2D eigenvalue weighted by atomic mass is 9.97. The van der Waals surface area contributed by atoms with Crippen LogP contribution < -0.4 is 11.5 Å². The van der Waals surface area contributed by atoms with E-state index in [1.165, 1.54) is 25.7 Å². The smallest absolute Gasteiger partial charge is 0.184 e. The molecule has 1 saturated carbocycles. The fraction of sp³-hybridized carbons (Fsp3) is 0.533. The molecule has 21 heavy (non-hydrogen) atoms. The van der Waals surface area contributed by atoms with Crippen LogP contribution >= 0.6 is 0 Å². The predicted octanol–water partition coefficient (Wildman–Crippen LogP) is 2.65. The fourth-order valence-corrected chi connectivity index (χ4v) is 3.22. The zero-order valence-corrected chi connectivity index (χ0v) is 12.4. The third kappa shape index (κ3) is 2.70. The van der Waals surface area contributed by atoms with Crippen LogP contribution in [0, 0.1) is 5.92 Å². The molecule has 2 unspecified atom stereocenters. The number of nitrogen functional groups attached to an aromatic ring is 2. The average molecular weight is 286 g/mol. The minimum Gasteiger partial charge on any atom is -0.399 e. The monoisotopic (exact) mass is 286 g/mol. The van der Waals surface area contributed by atoms with Crippen LogP contribution in [0.3, 0.4) is 0 Å². The Hall–Kier alpha value is -2.11. The van der Waals surface area contributed by atoms with Gasteiger partial charge >= 0.3 is 0 Å². The summed E-state index contributed by atoms with van der Waals surface area (Å²) in [6, 6.07) is 5.83. The largest absolute Gasteiger partial charge is 0.399 e. The van der Waals surface area contributed by atoms with E-state index in [0.29, 0.717) is 23.3 Å². The molecule has 1 heterocycles. The highest BCUT2D eigenvalue weighted by Gasteiger charge is 2.26. The molecular weight excluding hydrogens is 264 g/mol. The molecule has 0 spiro atoms. The van der Waals surface area contributed by atoms with Gasteiger partial charge in [-0.1, -0.05) is 26.2 Å². The van der Waals surface area contributed by atoms with Crippen molar-refractivity contribution in [1.29, 1.82) is 0 Å². The summed E-state index contributed by atoms with van der Waals surface area (Å²) in [6.45, 7) is 2.29. The van der Waals surface area contributed by atoms with Gasteiger partial charge in [0.15, 0.2) is 5.82 Å². The standard InChI is InChI=1S/C15H22N6/c1-10-5-3-2-4-6-14(10)21-15(18-19-20-21)12-8-7-11(16)9-13(12)17/h7-10,14H,2-6,16-17H2,1H3. The molecule has 6 nitrogen and oxygen atoms in total. The number of aromatic nitrogens is 4. The Morgan fingerprint density at radius 3 is 2.76 bits per heavy atom. The summed E-state index contributed by atoms with van der Waals surface area (Å²) in [5.41, 5.74) is 14.0. The van der Waals surface area contributed by atoms with Gasteiger partial charge in [-0.3, -0.25) is 0 Å². The lowest BCUT2D eigenvalue weighted by molar-refractivity contribution is 0.306. The van der Waals surface area contributed by atoms with Crippen LogP contribution in [-0.4, -0.2) is 20.2 Å². The first-order valence-corrected chi connectivity index (χ1v) is 7.60. The first-order chi connectivity index (χ1) is 10.2. The highest BCUT2D eigenvalue weighted by atomic mass is 15.5. The van der Waals surface area contributed by atoms with Crippen LogP contribution in [-0.2, 0) is 0 Å². The first-order valence-electron chi connectivity index (χ1n) is 7.60. The molecule has 0 bridgehead atoms. The molecule has 2 atom stereocenters. The highest BCUT2D eigenvalue weighted by Crippen LogP contribution is 2.35. The molecule has 0 radical (unpaired) electrons. The van der Waals surface area contributed by atoms with E-state index in [2.05, 4.69) is 22.4 Å². The van der Waals surface area contributed by atoms with Gasteiger partial charge < -0.3 is 11.5 Å². The Labute approximate surface area is 124 Å². The zero-order chi connectivity index (χ0) is 14.8. The molecule has 1 aromatic heterocycles. The van der Waals surface area contributed by atoms with Crippen molar-refractivity contribution in [3.05, 3.63) is 18.2 Å². The Morgan fingerprint density at radius 1 is 1.14 bits per heavy atom. The molecular formula is C15H22N6. The second-order valence-corrected chi connectivity index (χ2v) is 5.98. The molecule has 3 rings (SSSR count). The van der Waals surface area contributed by atoms with Gasteiger partial charge in [-0.05, 0) is 47.4 Å². The number of rotatable bonds is 2. The van der Waals surface area contributed by atoms with Crippen LogP contribution in [0.1, 0.15) is 45.1 Å². The van der Waals surface area contributed by atoms with E-state index in [1.807, 2.05) is 16.8 Å². The number of tetrazole rings is 1. The normalized spacial score (nSPS) is 22.9. The van der Waals surface area contributed by atoms with Crippen molar-refractivity contribution in [1.82, 2.24) is 20.2 Å². The van der Waals surface area contributed by atoms with Crippen LogP contribution in [0.2, 0.25) is 0 Å². The lowest BCUT2D eigenvalue weighted by Gasteiger charge is -2.22. The number of hydrogen-bond acceptors (Lipinski definition) is 5. The van der Waals surface area contributed by atoms with Crippen molar-refractivity contribution in [2.75, 3.05) is 11.5 Å². The summed E-state index contributed by atoms with van der Waals surface area (Å²) in [5, 5.41) is 12.3. The Morgan fingerprint density at radius 2 is 1.95 bits per heavy atom. The highest BCUT2D eigenvalue weighted by molar-refractivity contribution is 5.74. The molecule has 0 aliphatic heterocycles. The van der Waals surface area contributed by atoms with Crippen molar-refractivity contribution < 1.29 is 0 Å². The van der Waals surface area contributed by atoms with Gasteiger partial charge in [-0.15, -0.1) is 5.10 Å². The van der Waals surface area contributed by atoms with E-state index in [-0.39, 0.29) is 0 Å². The van der Waals surface area contributed by atoms with E-state index >= 15 is 0 Å². The number of benzene rings is 1. The summed E-state index contributed by atoms with van der Waals surface area (Å²) in [7, 11) is 0. The predicted molar refractivity (Wildman–Crippen MR) is 83.4 cm³/mol. The number of nitrogens with two attached hydrogens (primary N) is 2. The second kappa shape index (κ2) is 5.71. The van der Waals surface area contributed by atoms with Gasteiger partial charge in [-0.2, -0.15) is 0 Å². The Kier molecular flexibility index (Phi) is 3.77. The summed E-state index contributed by atoms with van der Waals surface area (Å²) in [6.07, 6.45) is 6.16. The van der Waals surface area contributed by atoms with Crippen LogP contribution in [0.4, 0.5) is 11.4 Å². The third-order valence-electron chi connectivity index (χ3n) is 4.44. The quantitative estimate of drug-likeness (QED) is 0.653. The van der Waals surface area contributed by atoms with Crippen LogP contribution in [0.15, 0.2) is 18.2 Å². The molecule has 112 valence electrons. The summed E-state index contributed by atoms with van der Waals surface area (Å²) in [5.74, 6) is 1.32. The Bertz CT molecular complexity index is 620. The molecule has 1 aromatic carbocycles. The summed E-state index contributed by atoms with van der Waals surface area (Å²) >= 11 is 0. The van der Waals surface area contributed by atoms with Crippen molar-refractivity contribution in [2.45, 2.75) is 45.1 Å². The van der Waals surface area contributed by atoms with Crippen LogP contribution in [0.25, 0.3) is 11.4 Å². The maximum absolute atomic E-state index is 6.09. The van der Waals surface area contributed by atoms with Crippen molar-refractivity contribution in [3.8, 4) is 11.4 Å². The molecule has 1 fully saturated rings. The molecule has 0 amide bonds. The zero-order valence-electron chi connectivity index (χ0n) is 12.4. The number of nitrogens with zero attached hydrogens (tertiary/aromatic N) is 4. The third-order valence-corrected chi connectivity index (χ3v) is 4.44. The van der Waals surface area contributed by atoms with Crippen molar-refractivity contribution in [2.24, 2.45) is 5.92 Å². The maximum Gasteiger partial charge on any atom is 0.184 e. The van der Waals surface area contributed by atoms with Gasteiger partial charge in [0.05, 0.1) is 6.04 Å². The van der Waals surface area contributed by atoms with Crippen LogP contribution in [0.5, 0.6) is 0 Å². The summed E-state index contributed by atoms with van der Waals surface area (Å²) in [4.78, 5) is 0. The average Bonchev–Trinajstić information content (AvgIpc) is 2.81. The SMILES string of the molecule is CC1CCCCCC1n1nnnc1-c1ccc(N)cc1N. The van der Waals surface area contributed by atoms with E-state index in [1.54, 1.807) is 6.07 Å². The molecule has 1 aliphatic carbocycles. The molecule has 6 heteroatoms. The van der Waals surface area contributed by atoms with Gasteiger partial charge in [0.1, 0.15) is 0 Å². The topological polar surface area (TPSA) is 95.6 Å². The molecule has 4 N–H and O–H groups in total. The van der Waals surface area contributed by atoms with E-state index in [4.69, 9.17) is 11.5 Å². The maximum atomic E-state index is 6.09. The fourth-order valence-electron chi connectivity index (χ4n) is 3.22. The first kappa shape index (κ1) is 13.9. The van der Waals surface area contributed by atoms with E-state index in [0.717, 1.165) is 17.8 Å². The van der Waals surface area contributed by atoms with E-state index in [9.17, 15) is 0 Å². The Balaban J connectivity index is 2.00. The molecule has 1 aliphatic rings.